The van der Waals surface area contributed by atoms with Crippen molar-refractivity contribution in [2.24, 2.45) is 11.3 Å². The number of rotatable bonds is 4. The van der Waals surface area contributed by atoms with Crippen LogP contribution >= 0.6 is 11.6 Å². The van der Waals surface area contributed by atoms with Crippen LogP contribution in [0.4, 0.5) is 0 Å². The summed E-state index contributed by atoms with van der Waals surface area (Å²) < 4.78 is 0. The summed E-state index contributed by atoms with van der Waals surface area (Å²) in [7, 11) is 0. The lowest BCUT2D eigenvalue weighted by molar-refractivity contribution is 0.487. The van der Waals surface area contributed by atoms with E-state index in [1.54, 1.807) is 0 Å². The molecule has 0 aromatic rings. The summed E-state index contributed by atoms with van der Waals surface area (Å²) in [4.78, 5) is 0. The molecular weight excluding hydrogens is 144 g/mol. The highest BCUT2D eigenvalue weighted by Crippen LogP contribution is 2.56. The molecule has 0 bridgehead atoms. The number of hydrogen-bond donors (Lipinski definition) is 0. The molecule has 0 heterocycles. The van der Waals surface area contributed by atoms with E-state index in [0.717, 1.165) is 18.2 Å². The standard InChI is InChI=1S/C9H15Cl/c1-3-4-5-9(7-10)6-8(9)2/h3,8H,1,4-7H2,2H3. The van der Waals surface area contributed by atoms with Crippen molar-refractivity contribution in [2.45, 2.75) is 26.2 Å². The lowest BCUT2D eigenvalue weighted by Gasteiger charge is -2.09. The zero-order chi connectivity index (χ0) is 7.61. The zero-order valence-corrected chi connectivity index (χ0v) is 7.32. The van der Waals surface area contributed by atoms with E-state index in [1.165, 1.54) is 12.8 Å². The van der Waals surface area contributed by atoms with Gasteiger partial charge in [0, 0.05) is 5.88 Å². The maximum Gasteiger partial charge on any atom is 0.0282 e. The van der Waals surface area contributed by atoms with Gasteiger partial charge in [0.2, 0.25) is 0 Å². The van der Waals surface area contributed by atoms with Crippen LogP contribution in [-0.2, 0) is 0 Å². The maximum atomic E-state index is 5.85. The summed E-state index contributed by atoms with van der Waals surface area (Å²) in [5.74, 6) is 1.69. The van der Waals surface area contributed by atoms with E-state index in [9.17, 15) is 0 Å². The molecule has 1 aliphatic carbocycles. The highest BCUT2D eigenvalue weighted by Gasteiger charge is 2.48. The number of alkyl halides is 1. The molecule has 0 aliphatic heterocycles. The Bertz CT molecular complexity index is 127. The second-order valence-corrected chi connectivity index (χ2v) is 3.70. The van der Waals surface area contributed by atoms with Gasteiger partial charge in [-0.05, 0) is 30.6 Å². The first kappa shape index (κ1) is 8.13. The van der Waals surface area contributed by atoms with Crippen LogP contribution in [0.25, 0.3) is 0 Å². The number of halogens is 1. The van der Waals surface area contributed by atoms with Crippen molar-refractivity contribution in [3.63, 3.8) is 0 Å². The van der Waals surface area contributed by atoms with Crippen LogP contribution in [0.3, 0.4) is 0 Å². The SMILES string of the molecule is C=CCCC1(CCl)CC1C. The molecule has 0 aromatic heterocycles. The minimum absolute atomic E-state index is 0.496. The van der Waals surface area contributed by atoms with Gasteiger partial charge in [0.05, 0.1) is 0 Å². The fourth-order valence-corrected chi connectivity index (χ4v) is 2.05. The van der Waals surface area contributed by atoms with Crippen LogP contribution in [0.1, 0.15) is 26.2 Å². The molecular formula is C9H15Cl. The van der Waals surface area contributed by atoms with Gasteiger partial charge in [-0.15, -0.1) is 18.2 Å². The first-order valence-corrected chi connectivity index (χ1v) is 4.45. The Morgan fingerprint density at radius 3 is 2.70 bits per heavy atom. The van der Waals surface area contributed by atoms with E-state index < -0.39 is 0 Å². The van der Waals surface area contributed by atoms with E-state index in [2.05, 4.69) is 13.5 Å². The molecule has 1 aliphatic rings. The van der Waals surface area contributed by atoms with E-state index in [1.807, 2.05) is 6.08 Å². The van der Waals surface area contributed by atoms with Crippen molar-refractivity contribution in [2.75, 3.05) is 5.88 Å². The van der Waals surface area contributed by atoms with Gasteiger partial charge in [0.25, 0.3) is 0 Å². The van der Waals surface area contributed by atoms with Gasteiger partial charge < -0.3 is 0 Å². The Hall–Kier alpha value is 0.0300. The largest absolute Gasteiger partial charge is 0.126 e. The van der Waals surface area contributed by atoms with Crippen LogP contribution < -0.4 is 0 Å². The third-order valence-electron chi connectivity index (χ3n) is 2.71. The lowest BCUT2D eigenvalue weighted by Crippen LogP contribution is -2.03. The monoisotopic (exact) mass is 158 g/mol. The highest BCUT2D eigenvalue weighted by atomic mass is 35.5. The molecule has 58 valence electrons. The minimum Gasteiger partial charge on any atom is -0.126 e. The van der Waals surface area contributed by atoms with Gasteiger partial charge in [-0.3, -0.25) is 0 Å². The maximum absolute atomic E-state index is 5.85. The number of allylic oxidation sites excluding steroid dienone is 1. The Morgan fingerprint density at radius 2 is 2.40 bits per heavy atom. The third kappa shape index (κ3) is 1.37. The molecule has 1 rings (SSSR count). The van der Waals surface area contributed by atoms with E-state index in [4.69, 9.17) is 11.6 Å². The van der Waals surface area contributed by atoms with Crippen molar-refractivity contribution in [3.05, 3.63) is 12.7 Å². The summed E-state index contributed by atoms with van der Waals surface area (Å²) in [5.41, 5.74) is 0.496. The summed E-state index contributed by atoms with van der Waals surface area (Å²) in [6.07, 6.45) is 5.67. The average molecular weight is 159 g/mol. The fourth-order valence-electron chi connectivity index (χ4n) is 1.54. The molecule has 1 saturated carbocycles. The molecule has 2 atom stereocenters. The molecule has 1 heteroatoms. The number of hydrogen-bond acceptors (Lipinski definition) is 0. The van der Waals surface area contributed by atoms with Crippen molar-refractivity contribution in [1.29, 1.82) is 0 Å². The first-order chi connectivity index (χ1) is 4.75. The Balaban J connectivity index is 2.29. The van der Waals surface area contributed by atoms with Crippen molar-refractivity contribution in [3.8, 4) is 0 Å². The molecule has 0 radical (unpaired) electrons. The van der Waals surface area contributed by atoms with E-state index >= 15 is 0 Å². The van der Waals surface area contributed by atoms with Gasteiger partial charge >= 0.3 is 0 Å². The summed E-state index contributed by atoms with van der Waals surface area (Å²) >= 11 is 5.85. The van der Waals surface area contributed by atoms with Gasteiger partial charge in [-0.2, -0.15) is 0 Å². The van der Waals surface area contributed by atoms with Crippen molar-refractivity contribution in [1.82, 2.24) is 0 Å². The van der Waals surface area contributed by atoms with Crippen molar-refractivity contribution < 1.29 is 0 Å². The quantitative estimate of drug-likeness (QED) is 0.436. The molecule has 0 amide bonds. The Kier molecular flexibility index (Phi) is 2.40. The molecule has 0 spiro atoms. The predicted octanol–water partition coefficient (Wildman–Crippen LogP) is 3.22. The fraction of sp³-hybridized carbons (Fsp3) is 0.778. The summed E-state index contributed by atoms with van der Waals surface area (Å²) in [6, 6.07) is 0. The molecule has 0 N–H and O–H groups in total. The van der Waals surface area contributed by atoms with Crippen LogP contribution in [0.2, 0.25) is 0 Å². The normalized spacial score (nSPS) is 37.6. The molecule has 0 saturated heterocycles. The van der Waals surface area contributed by atoms with Crippen molar-refractivity contribution >= 4 is 11.6 Å². The van der Waals surface area contributed by atoms with Crippen LogP contribution in [-0.4, -0.2) is 5.88 Å². The van der Waals surface area contributed by atoms with Gasteiger partial charge in [-0.1, -0.05) is 13.0 Å². The van der Waals surface area contributed by atoms with Crippen LogP contribution in [0, 0.1) is 11.3 Å². The van der Waals surface area contributed by atoms with Gasteiger partial charge in [0.1, 0.15) is 0 Å². The van der Waals surface area contributed by atoms with Crippen LogP contribution in [0.5, 0.6) is 0 Å². The smallest absolute Gasteiger partial charge is 0.0282 e. The molecule has 2 unspecified atom stereocenters. The Morgan fingerprint density at radius 1 is 1.80 bits per heavy atom. The van der Waals surface area contributed by atoms with E-state index in [0.29, 0.717) is 5.41 Å². The summed E-state index contributed by atoms with van der Waals surface area (Å²) in [6.45, 7) is 5.99. The summed E-state index contributed by atoms with van der Waals surface area (Å²) in [5, 5.41) is 0. The molecule has 0 aromatic carbocycles. The predicted molar refractivity (Wildman–Crippen MR) is 46.4 cm³/mol. The molecule has 1 fully saturated rings. The zero-order valence-electron chi connectivity index (χ0n) is 6.57. The topological polar surface area (TPSA) is 0 Å². The van der Waals surface area contributed by atoms with Gasteiger partial charge in [0.15, 0.2) is 0 Å². The second-order valence-electron chi connectivity index (χ2n) is 3.43. The third-order valence-corrected chi connectivity index (χ3v) is 3.24. The second kappa shape index (κ2) is 2.96. The van der Waals surface area contributed by atoms with Crippen LogP contribution in [0.15, 0.2) is 12.7 Å². The molecule has 0 nitrogen and oxygen atoms in total. The van der Waals surface area contributed by atoms with E-state index in [-0.39, 0.29) is 0 Å². The van der Waals surface area contributed by atoms with Gasteiger partial charge in [-0.25, -0.2) is 0 Å². The first-order valence-electron chi connectivity index (χ1n) is 3.92. The lowest BCUT2D eigenvalue weighted by atomic mass is 10.0. The Labute approximate surface area is 68.3 Å². The molecule has 10 heavy (non-hydrogen) atoms. The highest BCUT2D eigenvalue weighted by molar-refractivity contribution is 6.18. The minimum atomic E-state index is 0.496. The average Bonchev–Trinajstić information content (AvgIpc) is 2.59.